The lowest BCUT2D eigenvalue weighted by molar-refractivity contribution is 0.382. The molecule has 4 heteroatoms. The Balaban J connectivity index is 2.84. The van der Waals surface area contributed by atoms with Crippen molar-refractivity contribution in [1.29, 1.82) is 0 Å². The number of nitrogens with zero attached hydrogens (tertiary/aromatic N) is 1. The fraction of sp³-hybridized carbons (Fsp3) is 0.727. The lowest BCUT2D eigenvalue weighted by Crippen LogP contribution is -2.47. The highest BCUT2D eigenvalue weighted by atomic mass is 32.1. The summed E-state index contributed by atoms with van der Waals surface area (Å²) in [5.74, 6) is 0.479. The van der Waals surface area contributed by atoms with Crippen LogP contribution in [-0.4, -0.2) is 17.1 Å². The van der Waals surface area contributed by atoms with E-state index in [0.29, 0.717) is 12.5 Å². The first-order chi connectivity index (χ1) is 6.89. The van der Waals surface area contributed by atoms with Gasteiger partial charge in [0.05, 0.1) is 11.2 Å². The molecule has 1 unspecified atom stereocenters. The Labute approximate surface area is 96.1 Å². The van der Waals surface area contributed by atoms with Gasteiger partial charge in [-0.1, -0.05) is 13.8 Å². The van der Waals surface area contributed by atoms with Crippen molar-refractivity contribution < 1.29 is 0 Å². The molecule has 1 heterocycles. The third kappa shape index (κ3) is 2.69. The topological polar surface area (TPSA) is 50.9 Å². The van der Waals surface area contributed by atoms with Crippen LogP contribution in [0.15, 0.2) is 0 Å². The minimum absolute atomic E-state index is 0.0727. The summed E-state index contributed by atoms with van der Waals surface area (Å²) in [7, 11) is 0. The fourth-order valence-corrected chi connectivity index (χ4v) is 2.15. The van der Waals surface area contributed by atoms with Crippen molar-refractivity contribution in [1.82, 2.24) is 4.98 Å². The minimum Gasteiger partial charge on any atom is -0.355 e. The molecule has 0 spiro atoms. The molecule has 0 saturated carbocycles. The van der Waals surface area contributed by atoms with E-state index in [1.807, 2.05) is 6.92 Å². The van der Waals surface area contributed by atoms with E-state index in [1.54, 1.807) is 11.3 Å². The zero-order valence-corrected chi connectivity index (χ0v) is 11.0. The molecule has 86 valence electrons. The Bertz CT molecular complexity index is 313. The molecule has 3 N–H and O–H groups in total. The standard InChI is InChI=1S/C11H21N3S/c1-7(2)11(5,6-12)14-10-13-8(3)9(4)15-10/h7H,6,12H2,1-5H3,(H,13,14). The zero-order chi connectivity index (χ0) is 11.6. The number of aromatic nitrogens is 1. The number of anilines is 1. The minimum atomic E-state index is -0.0727. The van der Waals surface area contributed by atoms with Gasteiger partial charge >= 0.3 is 0 Å². The van der Waals surface area contributed by atoms with Crippen molar-refractivity contribution in [3.8, 4) is 0 Å². The number of hydrogen-bond acceptors (Lipinski definition) is 4. The first-order valence-corrected chi connectivity index (χ1v) is 6.13. The molecule has 1 aromatic heterocycles. The quantitative estimate of drug-likeness (QED) is 0.831. The molecule has 0 bridgehead atoms. The van der Waals surface area contributed by atoms with Crippen LogP contribution in [0.1, 0.15) is 31.3 Å². The van der Waals surface area contributed by atoms with Crippen LogP contribution in [0.2, 0.25) is 0 Å². The van der Waals surface area contributed by atoms with Gasteiger partial charge in [-0.15, -0.1) is 11.3 Å². The van der Waals surface area contributed by atoms with Crippen LogP contribution in [0.3, 0.4) is 0 Å². The van der Waals surface area contributed by atoms with Crippen molar-refractivity contribution in [2.45, 2.75) is 40.2 Å². The molecule has 1 rings (SSSR count). The molecule has 0 aliphatic heterocycles. The van der Waals surface area contributed by atoms with Crippen molar-refractivity contribution in [3.05, 3.63) is 10.6 Å². The maximum absolute atomic E-state index is 5.82. The van der Waals surface area contributed by atoms with Gasteiger partial charge in [-0.25, -0.2) is 4.98 Å². The molecule has 1 aromatic rings. The Morgan fingerprint density at radius 1 is 1.47 bits per heavy atom. The Morgan fingerprint density at radius 2 is 2.07 bits per heavy atom. The van der Waals surface area contributed by atoms with Crippen LogP contribution in [-0.2, 0) is 0 Å². The zero-order valence-electron chi connectivity index (χ0n) is 10.2. The first kappa shape index (κ1) is 12.5. The summed E-state index contributed by atoms with van der Waals surface area (Å²) in [6.45, 7) is 11.2. The Kier molecular flexibility index (Phi) is 3.73. The van der Waals surface area contributed by atoms with Gasteiger partial charge in [0.25, 0.3) is 0 Å². The second kappa shape index (κ2) is 4.49. The third-order valence-corrected chi connectivity index (χ3v) is 4.11. The molecule has 3 nitrogen and oxygen atoms in total. The van der Waals surface area contributed by atoms with E-state index in [0.717, 1.165) is 10.8 Å². The van der Waals surface area contributed by atoms with Crippen LogP contribution < -0.4 is 11.1 Å². The molecular weight excluding hydrogens is 206 g/mol. The van der Waals surface area contributed by atoms with Gasteiger partial charge in [-0.2, -0.15) is 0 Å². The highest BCUT2D eigenvalue weighted by Crippen LogP contribution is 2.27. The van der Waals surface area contributed by atoms with Crippen molar-refractivity contribution in [2.75, 3.05) is 11.9 Å². The Morgan fingerprint density at radius 3 is 2.40 bits per heavy atom. The molecule has 0 fully saturated rings. The largest absolute Gasteiger partial charge is 0.355 e. The normalized spacial score (nSPS) is 15.4. The van der Waals surface area contributed by atoms with E-state index >= 15 is 0 Å². The maximum atomic E-state index is 5.82. The molecule has 0 aromatic carbocycles. The van der Waals surface area contributed by atoms with Crippen LogP contribution in [0, 0.1) is 19.8 Å². The predicted molar refractivity (Wildman–Crippen MR) is 67.5 cm³/mol. The first-order valence-electron chi connectivity index (χ1n) is 5.31. The number of aryl methyl sites for hydroxylation is 2. The monoisotopic (exact) mass is 227 g/mol. The molecule has 0 saturated heterocycles. The van der Waals surface area contributed by atoms with E-state index in [-0.39, 0.29) is 5.54 Å². The van der Waals surface area contributed by atoms with E-state index in [1.165, 1.54) is 4.88 Å². The van der Waals surface area contributed by atoms with Crippen LogP contribution in [0.5, 0.6) is 0 Å². The highest BCUT2D eigenvalue weighted by molar-refractivity contribution is 7.15. The summed E-state index contributed by atoms with van der Waals surface area (Å²) < 4.78 is 0. The summed E-state index contributed by atoms with van der Waals surface area (Å²) in [4.78, 5) is 5.74. The average Bonchev–Trinajstić information content (AvgIpc) is 2.45. The number of hydrogen-bond donors (Lipinski definition) is 2. The second-order valence-electron chi connectivity index (χ2n) is 4.56. The van der Waals surface area contributed by atoms with Gasteiger partial charge in [-0.05, 0) is 26.7 Å². The van der Waals surface area contributed by atoms with Gasteiger partial charge in [-0.3, -0.25) is 0 Å². The second-order valence-corrected chi connectivity index (χ2v) is 5.77. The number of nitrogens with two attached hydrogens (primary N) is 1. The predicted octanol–water partition coefficient (Wildman–Crippen LogP) is 2.55. The number of thiazole rings is 1. The van der Waals surface area contributed by atoms with E-state index in [2.05, 4.69) is 38.0 Å². The molecule has 15 heavy (non-hydrogen) atoms. The molecule has 0 aliphatic carbocycles. The van der Waals surface area contributed by atoms with Gasteiger partial charge < -0.3 is 11.1 Å². The Hall–Kier alpha value is -0.610. The van der Waals surface area contributed by atoms with E-state index in [4.69, 9.17) is 5.73 Å². The molecular formula is C11H21N3S. The number of rotatable bonds is 4. The van der Waals surface area contributed by atoms with Crippen LogP contribution in [0.25, 0.3) is 0 Å². The van der Waals surface area contributed by atoms with Crippen LogP contribution in [0.4, 0.5) is 5.13 Å². The summed E-state index contributed by atoms with van der Waals surface area (Å²) in [6, 6.07) is 0. The fourth-order valence-electron chi connectivity index (χ4n) is 1.20. The molecule has 0 amide bonds. The average molecular weight is 227 g/mol. The van der Waals surface area contributed by atoms with Gasteiger partial charge in [0.1, 0.15) is 0 Å². The summed E-state index contributed by atoms with van der Waals surface area (Å²) in [6.07, 6.45) is 0. The number of nitrogens with one attached hydrogen (secondary N) is 1. The van der Waals surface area contributed by atoms with Gasteiger partial charge in [0.15, 0.2) is 5.13 Å². The van der Waals surface area contributed by atoms with E-state index in [9.17, 15) is 0 Å². The van der Waals surface area contributed by atoms with Crippen molar-refractivity contribution in [3.63, 3.8) is 0 Å². The lowest BCUT2D eigenvalue weighted by atomic mass is 9.89. The SMILES string of the molecule is Cc1nc(NC(C)(CN)C(C)C)sc1C. The van der Waals surface area contributed by atoms with Gasteiger partial charge in [0.2, 0.25) is 0 Å². The van der Waals surface area contributed by atoms with Crippen molar-refractivity contribution in [2.24, 2.45) is 11.7 Å². The molecule has 0 aliphatic rings. The van der Waals surface area contributed by atoms with E-state index < -0.39 is 0 Å². The van der Waals surface area contributed by atoms with Gasteiger partial charge in [0, 0.05) is 11.4 Å². The van der Waals surface area contributed by atoms with Crippen LogP contribution >= 0.6 is 11.3 Å². The highest BCUT2D eigenvalue weighted by Gasteiger charge is 2.27. The molecule has 1 atom stereocenters. The summed E-state index contributed by atoms with van der Waals surface area (Å²) in [5, 5.41) is 4.43. The lowest BCUT2D eigenvalue weighted by Gasteiger charge is -2.33. The smallest absolute Gasteiger partial charge is 0.183 e. The van der Waals surface area contributed by atoms with Crippen molar-refractivity contribution >= 4 is 16.5 Å². The summed E-state index contributed by atoms with van der Waals surface area (Å²) >= 11 is 1.70. The molecule has 0 radical (unpaired) electrons. The summed E-state index contributed by atoms with van der Waals surface area (Å²) in [5.41, 5.74) is 6.84. The maximum Gasteiger partial charge on any atom is 0.183 e. The third-order valence-electron chi connectivity index (χ3n) is 3.12.